The molecule has 0 spiro atoms. The predicted octanol–water partition coefficient (Wildman–Crippen LogP) is 7.24. The van der Waals surface area contributed by atoms with E-state index in [0.717, 1.165) is 34.6 Å². The molecule has 7 rings (SSSR count). The molecule has 2 atom stereocenters. The summed E-state index contributed by atoms with van der Waals surface area (Å²) in [4.78, 5) is 4.74. The number of aliphatic imine (C=N–C) groups is 1. The van der Waals surface area contributed by atoms with Crippen molar-refractivity contribution in [3.05, 3.63) is 89.5 Å². The quantitative estimate of drug-likeness (QED) is 0.370. The van der Waals surface area contributed by atoms with Gasteiger partial charge in [-0.05, 0) is 96.6 Å². The normalized spacial score (nSPS) is 29.5. The molecule has 4 aliphatic rings. The average molecular weight is 452 g/mol. The second-order valence-corrected chi connectivity index (χ2v) is 10.8. The van der Waals surface area contributed by atoms with Crippen LogP contribution in [0.15, 0.2) is 77.8 Å². The fraction of sp³-hybridized carbons (Fsp3) is 0.387. The van der Waals surface area contributed by atoms with Crippen LogP contribution in [0.2, 0.25) is 0 Å². The van der Waals surface area contributed by atoms with Crippen LogP contribution in [-0.2, 0) is 10.8 Å². The standard InChI is InChI=1S/C31H33NO2/c1-33-28-13-8-24(29(15-28)34-2)20-32-27-11-9-26(10-12-27)31-18-22-14-23(19-31)17-30(16-22,21-31)25-6-4-3-5-7-25/h3-13,15,20,22-23H,14,16-19,21H2,1-2H3. The molecule has 0 radical (unpaired) electrons. The van der Waals surface area contributed by atoms with Crippen LogP contribution in [0, 0.1) is 11.8 Å². The summed E-state index contributed by atoms with van der Waals surface area (Å²) in [5, 5.41) is 0. The Labute approximate surface area is 202 Å². The molecule has 0 aliphatic heterocycles. The smallest absolute Gasteiger partial charge is 0.131 e. The Bertz CT molecular complexity index is 1180. The molecule has 0 saturated heterocycles. The average Bonchev–Trinajstić information content (AvgIpc) is 2.87. The maximum Gasteiger partial charge on any atom is 0.131 e. The van der Waals surface area contributed by atoms with Gasteiger partial charge < -0.3 is 9.47 Å². The molecular weight excluding hydrogens is 418 g/mol. The van der Waals surface area contributed by atoms with Crippen molar-refractivity contribution in [3.63, 3.8) is 0 Å². The van der Waals surface area contributed by atoms with Crippen LogP contribution in [-0.4, -0.2) is 20.4 Å². The predicted molar refractivity (Wildman–Crippen MR) is 138 cm³/mol. The lowest BCUT2D eigenvalue weighted by molar-refractivity contribution is -0.0281. The summed E-state index contributed by atoms with van der Waals surface area (Å²) in [5.41, 5.74) is 5.70. The third kappa shape index (κ3) is 3.62. The van der Waals surface area contributed by atoms with E-state index in [9.17, 15) is 0 Å². The molecule has 4 aliphatic carbocycles. The lowest BCUT2D eigenvalue weighted by atomic mass is 9.42. The number of hydrogen-bond acceptors (Lipinski definition) is 3. The molecule has 3 aromatic carbocycles. The van der Waals surface area contributed by atoms with Crippen molar-refractivity contribution in [2.75, 3.05) is 14.2 Å². The first-order valence-electron chi connectivity index (χ1n) is 12.5. The van der Waals surface area contributed by atoms with Gasteiger partial charge in [0.2, 0.25) is 0 Å². The third-order valence-electron chi connectivity index (χ3n) is 8.72. The molecule has 34 heavy (non-hydrogen) atoms. The Balaban J connectivity index is 1.27. The van der Waals surface area contributed by atoms with Gasteiger partial charge in [-0.15, -0.1) is 0 Å². The summed E-state index contributed by atoms with van der Waals surface area (Å²) in [5.74, 6) is 3.27. The second kappa shape index (κ2) is 8.30. The molecule has 0 amide bonds. The van der Waals surface area contributed by atoms with Gasteiger partial charge in [-0.2, -0.15) is 0 Å². The first kappa shape index (κ1) is 21.5. The highest BCUT2D eigenvalue weighted by molar-refractivity contribution is 5.85. The number of ether oxygens (including phenoxy) is 2. The number of benzene rings is 3. The molecule has 2 unspecified atom stereocenters. The number of hydrogen-bond donors (Lipinski definition) is 0. The summed E-state index contributed by atoms with van der Waals surface area (Å²) in [6.07, 6.45) is 10.1. The minimum Gasteiger partial charge on any atom is -0.497 e. The summed E-state index contributed by atoms with van der Waals surface area (Å²) >= 11 is 0. The summed E-state index contributed by atoms with van der Waals surface area (Å²) < 4.78 is 10.8. The lowest BCUT2D eigenvalue weighted by Gasteiger charge is -2.62. The van der Waals surface area contributed by atoms with Crippen LogP contribution in [0.25, 0.3) is 0 Å². The van der Waals surface area contributed by atoms with Crippen LogP contribution < -0.4 is 9.47 Å². The van der Waals surface area contributed by atoms with Crippen molar-refractivity contribution >= 4 is 11.9 Å². The first-order chi connectivity index (χ1) is 16.6. The van der Waals surface area contributed by atoms with Crippen molar-refractivity contribution in [2.45, 2.75) is 49.4 Å². The van der Waals surface area contributed by atoms with Crippen molar-refractivity contribution in [3.8, 4) is 11.5 Å². The fourth-order valence-corrected chi connectivity index (χ4v) is 7.70. The lowest BCUT2D eigenvalue weighted by Crippen LogP contribution is -2.55. The van der Waals surface area contributed by atoms with E-state index < -0.39 is 0 Å². The molecule has 4 fully saturated rings. The Morgan fingerprint density at radius 1 is 0.765 bits per heavy atom. The molecule has 4 saturated carbocycles. The van der Waals surface area contributed by atoms with Gasteiger partial charge in [0.25, 0.3) is 0 Å². The number of nitrogens with zero attached hydrogens (tertiary/aromatic N) is 1. The summed E-state index contributed by atoms with van der Waals surface area (Å²) in [6, 6.07) is 26.3. The summed E-state index contributed by atoms with van der Waals surface area (Å²) in [7, 11) is 3.34. The largest absolute Gasteiger partial charge is 0.497 e. The van der Waals surface area contributed by atoms with Crippen molar-refractivity contribution in [1.29, 1.82) is 0 Å². The van der Waals surface area contributed by atoms with E-state index in [1.54, 1.807) is 19.8 Å². The maximum absolute atomic E-state index is 5.51. The van der Waals surface area contributed by atoms with Gasteiger partial charge in [-0.1, -0.05) is 42.5 Å². The molecule has 3 nitrogen and oxygen atoms in total. The summed E-state index contributed by atoms with van der Waals surface area (Å²) in [6.45, 7) is 0. The van der Waals surface area contributed by atoms with Gasteiger partial charge in [-0.25, -0.2) is 0 Å². The molecular formula is C31H33NO2. The molecule has 174 valence electrons. The molecule has 4 bridgehead atoms. The minimum absolute atomic E-state index is 0.321. The van der Waals surface area contributed by atoms with Crippen LogP contribution in [0.1, 0.15) is 55.2 Å². The Hall–Kier alpha value is -3.07. The zero-order valence-electron chi connectivity index (χ0n) is 20.2. The Morgan fingerprint density at radius 3 is 2.03 bits per heavy atom. The van der Waals surface area contributed by atoms with Crippen LogP contribution in [0.5, 0.6) is 11.5 Å². The van der Waals surface area contributed by atoms with Crippen LogP contribution in [0.4, 0.5) is 5.69 Å². The Morgan fingerprint density at radius 2 is 1.41 bits per heavy atom. The molecule has 3 heteroatoms. The van der Waals surface area contributed by atoms with Crippen molar-refractivity contribution in [2.24, 2.45) is 16.8 Å². The van der Waals surface area contributed by atoms with Gasteiger partial charge in [0, 0.05) is 17.8 Å². The van der Waals surface area contributed by atoms with Crippen LogP contribution in [0.3, 0.4) is 0 Å². The third-order valence-corrected chi connectivity index (χ3v) is 8.72. The van der Waals surface area contributed by atoms with E-state index in [-0.39, 0.29) is 0 Å². The van der Waals surface area contributed by atoms with Crippen molar-refractivity contribution in [1.82, 2.24) is 0 Å². The Kier molecular flexibility index (Phi) is 5.24. The van der Waals surface area contributed by atoms with E-state index in [4.69, 9.17) is 14.5 Å². The van der Waals surface area contributed by atoms with Gasteiger partial charge >= 0.3 is 0 Å². The van der Waals surface area contributed by atoms with Gasteiger partial charge in [0.15, 0.2) is 0 Å². The molecule has 0 N–H and O–H groups in total. The van der Waals surface area contributed by atoms with Gasteiger partial charge in [0.1, 0.15) is 11.5 Å². The van der Waals surface area contributed by atoms with Gasteiger partial charge in [0.05, 0.1) is 19.9 Å². The van der Waals surface area contributed by atoms with Gasteiger partial charge in [-0.3, -0.25) is 4.99 Å². The first-order valence-corrected chi connectivity index (χ1v) is 12.5. The van der Waals surface area contributed by atoms with Crippen molar-refractivity contribution < 1.29 is 9.47 Å². The minimum atomic E-state index is 0.321. The van der Waals surface area contributed by atoms with E-state index in [1.807, 2.05) is 24.4 Å². The number of rotatable bonds is 6. The highest BCUT2D eigenvalue weighted by atomic mass is 16.5. The molecule has 0 aromatic heterocycles. The topological polar surface area (TPSA) is 30.8 Å². The monoisotopic (exact) mass is 451 g/mol. The molecule has 0 heterocycles. The number of methoxy groups -OCH3 is 2. The van der Waals surface area contributed by atoms with E-state index in [0.29, 0.717) is 10.8 Å². The van der Waals surface area contributed by atoms with E-state index in [1.165, 1.54) is 44.1 Å². The maximum atomic E-state index is 5.51. The SMILES string of the molecule is COc1ccc(C=Nc2ccc(C34CC5CC(CC(c6ccccc6)(C5)C3)C4)cc2)c(OC)c1. The highest BCUT2D eigenvalue weighted by Crippen LogP contribution is 2.66. The van der Waals surface area contributed by atoms with E-state index >= 15 is 0 Å². The highest BCUT2D eigenvalue weighted by Gasteiger charge is 2.58. The zero-order valence-corrected chi connectivity index (χ0v) is 20.2. The fourth-order valence-electron chi connectivity index (χ4n) is 7.70. The zero-order chi connectivity index (χ0) is 23.2. The second-order valence-electron chi connectivity index (χ2n) is 10.8. The molecule has 3 aromatic rings. The van der Waals surface area contributed by atoms with Crippen LogP contribution >= 0.6 is 0 Å². The van der Waals surface area contributed by atoms with E-state index in [2.05, 4.69) is 54.6 Å².